The van der Waals surface area contributed by atoms with Crippen molar-refractivity contribution in [1.29, 1.82) is 0 Å². The Labute approximate surface area is 180 Å². The summed E-state index contributed by atoms with van der Waals surface area (Å²) in [6.07, 6.45) is 4.84. The molecule has 2 fully saturated rings. The van der Waals surface area contributed by atoms with E-state index in [-0.39, 0.29) is 0 Å². The average Bonchev–Trinajstić information content (AvgIpc) is 3.35. The highest BCUT2D eigenvalue weighted by atomic mass is 32.2. The van der Waals surface area contributed by atoms with Crippen molar-refractivity contribution >= 4 is 17.7 Å². The summed E-state index contributed by atoms with van der Waals surface area (Å²) in [6, 6.07) is 8.12. The fourth-order valence-electron chi connectivity index (χ4n) is 3.73. The van der Waals surface area contributed by atoms with E-state index in [0.717, 1.165) is 41.4 Å². The Morgan fingerprint density at radius 2 is 1.80 bits per heavy atom. The summed E-state index contributed by atoms with van der Waals surface area (Å²) in [5.74, 6) is 4.29. The van der Waals surface area contributed by atoms with Crippen LogP contribution in [0, 0.1) is 5.92 Å². The molecule has 30 heavy (non-hydrogen) atoms. The van der Waals surface area contributed by atoms with Gasteiger partial charge >= 0.3 is 0 Å². The Balaban J connectivity index is 1.28. The lowest BCUT2D eigenvalue weighted by Gasteiger charge is -2.31. The van der Waals surface area contributed by atoms with Crippen LogP contribution in [0.4, 0.5) is 5.95 Å². The number of thioether (sulfide) groups is 1. The van der Waals surface area contributed by atoms with Gasteiger partial charge in [-0.3, -0.25) is 4.57 Å². The summed E-state index contributed by atoms with van der Waals surface area (Å²) in [6.45, 7) is 4.45. The van der Waals surface area contributed by atoms with E-state index >= 15 is 0 Å². The lowest BCUT2D eigenvalue weighted by atomic mass is 10.00. The number of hydrogen-bond donors (Lipinski definition) is 0. The van der Waals surface area contributed by atoms with E-state index in [1.54, 1.807) is 18.9 Å². The second-order valence-corrected chi connectivity index (χ2v) is 9.01. The Bertz CT molecular complexity index is 989. The van der Waals surface area contributed by atoms with E-state index in [2.05, 4.69) is 36.8 Å². The average molecular weight is 427 g/mol. The van der Waals surface area contributed by atoms with Crippen LogP contribution in [-0.2, 0) is 5.75 Å². The predicted octanol–water partition coefficient (Wildman–Crippen LogP) is 4.20. The molecule has 1 aliphatic carbocycles. The summed E-state index contributed by atoms with van der Waals surface area (Å²) in [4.78, 5) is 2.39. The zero-order valence-corrected chi connectivity index (χ0v) is 18.1. The lowest BCUT2D eigenvalue weighted by molar-refractivity contribution is 0.415. The minimum Gasteiger partial charge on any atom is -0.497 e. The van der Waals surface area contributed by atoms with Crippen molar-refractivity contribution < 1.29 is 9.15 Å². The van der Waals surface area contributed by atoms with Crippen molar-refractivity contribution in [2.45, 2.75) is 49.6 Å². The largest absolute Gasteiger partial charge is 0.497 e. The Hall–Kier alpha value is -2.55. The van der Waals surface area contributed by atoms with Crippen LogP contribution in [0.5, 0.6) is 5.75 Å². The predicted molar refractivity (Wildman–Crippen MR) is 115 cm³/mol. The lowest BCUT2D eigenvalue weighted by Crippen LogP contribution is -2.34. The smallest absolute Gasteiger partial charge is 0.247 e. The highest BCUT2D eigenvalue weighted by molar-refractivity contribution is 7.98. The van der Waals surface area contributed by atoms with Gasteiger partial charge in [0.2, 0.25) is 17.7 Å². The first kappa shape index (κ1) is 19.4. The first-order valence-corrected chi connectivity index (χ1v) is 11.5. The number of nitrogens with zero attached hydrogens (tertiary/aromatic N) is 6. The minimum absolute atomic E-state index is 0.514. The number of benzene rings is 1. The summed E-state index contributed by atoms with van der Waals surface area (Å²) in [5, 5.41) is 18.4. The molecule has 9 heteroatoms. The maximum absolute atomic E-state index is 5.86. The molecule has 5 rings (SSSR count). The van der Waals surface area contributed by atoms with Crippen LogP contribution in [0.3, 0.4) is 0 Å². The zero-order chi connectivity index (χ0) is 20.5. The maximum atomic E-state index is 5.86. The summed E-state index contributed by atoms with van der Waals surface area (Å²) < 4.78 is 13.4. The van der Waals surface area contributed by atoms with Crippen LogP contribution in [0.25, 0.3) is 11.5 Å². The van der Waals surface area contributed by atoms with Crippen molar-refractivity contribution in [2.24, 2.45) is 5.92 Å². The van der Waals surface area contributed by atoms with Crippen LogP contribution >= 0.6 is 11.8 Å². The van der Waals surface area contributed by atoms with Gasteiger partial charge in [0, 0.05) is 24.7 Å². The molecule has 3 heterocycles. The van der Waals surface area contributed by atoms with Gasteiger partial charge in [-0.2, -0.15) is 0 Å². The van der Waals surface area contributed by atoms with Crippen molar-refractivity contribution in [2.75, 3.05) is 25.1 Å². The first-order chi connectivity index (χ1) is 14.7. The van der Waals surface area contributed by atoms with Crippen LogP contribution in [0.1, 0.15) is 44.5 Å². The van der Waals surface area contributed by atoms with Crippen molar-refractivity contribution in [3.8, 4) is 17.2 Å². The number of rotatable bonds is 7. The molecule has 1 saturated carbocycles. The third-order valence-corrected chi connectivity index (χ3v) is 6.68. The Kier molecular flexibility index (Phi) is 5.37. The van der Waals surface area contributed by atoms with Gasteiger partial charge in [0.25, 0.3) is 0 Å². The molecule has 1 aliphatic heterocycles. The van der Waals surface area contributed by atoms with Gasteiger partial charge in [0.1, 0.15) is 5.75 Å². The monoisotopic (exact) mass is 426 g/mol. The van der Waals surface area contributed by atoms with Gasteiger partial charge < -0.3 is 14.1 Å². The molecule has 1 aromatic carbocycles. The van der Waals surface area contributed by atoms with Crippen LogP contribution < -0.4 is 9.64 Å². The Morgan fingerprint density at radius 3 is 2.50 bits per heavy atom. The number of ether oxygens (including phenoxy) is 1. The molecule has 2 aliphatic rings. The molecule has 8 nitrogen and oxygen atoms in total. The molecule has 3 aromatic rings. The third-order valence-electron chi connectivity index (χ3n) is 5.75. The van der Waals surface area contributed by atoms with Gasteiger partial charge in [-0.15, -0.1) is 20.4 Å². The molecule has 158 valence electrons. The van der Waals surface area contributed by atoms with Crippen LogP contribution in [-0.4, -0.2) is 45.2 Å². The number of aromatic nitrogens is 5. The molecule has 1 saturated heterocycles. The number of piperidine rings is 1. The van der Waals surface area contributed by atoms with E-state index < -0.39 is 0 Å². The topological polar surface area (TPSA) is 82.1 Å². The molecule has 2 aromatic heterocycles. The number of anilines is 1. The van der Waals surface area contributed by atoms with Crippen molar-refractivity contribution in [3.63, 3.8) is 0 Å². The van der Waals surface area contributed by atoms with E-state index in [1.807, 2.05) is 24.3 Å². The minimum atomic E-state index is 0.514. The molecule has 0 bridgehead atoms. The molecular formula is C21H26N6O2S. The molecule has 0 radical (unpaired) electrons. The first-order valence-electron chi connectivity index (χ1n) is 10.5. The molecule has 0 N–H and O–H groups in total. The quantitative estimate of drug-likeness (QED) is 0.520. The SMILES string of the molecule is COc1ccc(-c2nnc(CSc3nnc(N4CCC(C)CC4)n3C3CC3)o2)cc1. The van der Waals surface area contributed by atoms with Crippen molar-refractivity contribution in [1.82, 2.24) is 25.0 Å². The maximum Gasteiger partial charge on any atom is 0.247 e. The normalized spacial score (nSPS) is 17.5. The fraction of sp³-hybridized carbons (Fsp3) is 0.524. The van der Waals surface area contributed by atoms with Gasteiger partial charge in [0.05, 0.1) is 12.9 Å². The van der Waals surface area contributed by atoms with Gasteiger partial charge in [0.15, 0.2) is 5.16 Å². The highest BCUT2D eigenvalue weighted by Crippen LogP contribution is 2.42. The van der Waals surface area contributed by atoms with Gasteiger partial charge in [-0.25, -0.2) is 0 Å². The molecular weight excluding hydrogens is 400 g/mol. The van der Waals surface area contributed by atoms with Crippen LogP contribution in [0.2, 0.25) is 0 Å². The summed E-state index contributed by atoms with van der Waals surface area (Å²) in [5.41, 5.74) is 0.877. The third kappa shape index (κ3) is 4.03. The van der Waals surface area contributed by atoms with E-state index in [9.17, 15) is 0 Å². The van der Waals surface area contributed by atoms with E-state index in [4.69, 9.17) is 9.15 Å². The zero-order valence-electron chi connectivity index (χ0n) is 17.3. The van der Waals surface area contributed by atoms with E-state index in [1.165, 1.54) is 25.7 Å². The highest BCUT2D eigenvalue weighted by Gasteiger charge is 2.32. The summed E-state index contributed by atoms with van der Waals surface area (Å²) >= 11 is 1.61. The number of methoxy groups -OCH3 is 1. The molecule has 0 unspecified atom stereocenters. The Morgan fingerprint density at radius 1 is 1.03 bits per heavy atom. The second kappa shape index (κ2) is 8.29. The standard InChI is InChI=1S/C21H26N6O2S/c1-14-9-11-26(12-10-14)20-24-25-21(27(20)16-5-6-16)30-13-18-22-23-19(29-18)15-3-7-17(28-2)8-4-15/h3-4,7-8,14,16H,5-6,9-13H2,1-2H3. The summed E-state index contributed by atoms with van der Waals surface area (Å²) in [7, 11) is 1.65. The van der Waals surface area contributed by atoms with Gasteiger partial charge in [-0.05, 0) is 55.9 Å². The molecule has 0 amide bonds. The molecule has 0 spiro atoms. The van der Waals surface area contributed by atoms with E-state index in [0.29, 0.717) is 23.6 Å². The van der Waals surface area contributed by atoms with Gasteiger partial charge in [-0.1, -0.05) is 18.7 Å². The molecule has 0 atom stereocenters. The second-order valence-electron chi connectivity index (χ2n) is 8.07. The van der Waals surface area contributed by atoms with Crippen LogP contribution in [0.15, 0.2) is 33.8 Å². The fourth-order valence-corrected chi connectivity index (χ4v) is 4.57. The van der Waals surface area contributed by atoms with Crippen molar-refractivity contribution in [3.05, 3.63) is 30.2 Å². The number of hydrogen-bond acceptors (Lipinski definition) is 8.